The molecule has 1 saturated carbocycles. The van der Waals surface area contributed by atoms with E-state index in [1.54, 1.807) is 0 Å². The van der Waals surface area contributed by atoms with Gasteiger partial charge in [0.05, 0.1) is 11.0 Å². The van der Waals surface area contributed by atoms with Gasteiger partial charge in [-0.15, -0.1) is 11.3 Å². The Kier molecular flexibility index (Phi) is 13.4. The van der Waals surface area contributed by atoms with Gasteiger partial charge in [-0.3, -0.25) is 23.9 Å². The number of hydrogen-bond acceptors (Lipinski definition) is 12. The molecular formula is C43H36N4O8S3. The van der Waals surface area contributed by atoms with Crippen molar-refractivity contribution in [3.63, 3.8) is 0 Å². The van der Waals surface area contributed by atoms with E-state index < -0.39 is 5.97 Å². The van der Waals surface area contributed by atoms with Gasteiger partial charge in [-0.05, 0) is 97.6 Å². The number of carboxylic acids is 1. The third kappa shape index (κ3) is 8.54. The lowest BCUT2D eigenvalue weighted by atomic mass is 9.96. The third-order valence-corrected chi connectivity index (χ3v) is 12.7. The number of amides is 1. The number of thioether (sulfide) groups is 1. The maximum Gasteiger partial charge on any atom is 0.373 e. The van der Waals surface area contributed by atoms with Crippen molar-refractivity contribution in [2.24, 2.45) is 0 Å². The Labute approximate surface area is 346 Å². The molecule has 2 unspecified atom stereocenters. The smallest absolute Gasteiger partial charge is 0.373 e. The lowest BCUT2D eigenvalue weighted by Gasteiger charge is -2.29. The van der Waals surface area contributed by atoms with Gasteiger partial charge in [-0.2, -0.15) is 19.2 Å². The zero-order valence-corrected chi connectivity index (χ0v) is 33.6. The molecule has 2 atom stereocenters. The number of thiocarbonyl (C=S) groups is 1. The number of aliphatic carboxylic acids is 1. The van der Waals surface area contributed by atoms with Crippen molar-refractivity contribution in [1.29, 1.82) is 0 Å². The largest absolute Gasteiger partial charge is 0.481 e. The molecular weight excluding hydrogens is 797 g/mol. The summed E-state index contributed by atoms with van der Waals surface area (Å²) in [6.07, 6.45) is 5.49. The molecule has 1 N–H and O–H groups in total. The fraction of sp³-hybridized carbons (Fsp3) is 0.209. The number of thiazole rings is 1. The highest BCUT2D eigenvalue weighted by molar-refractivity contribution is 8.30. The second-order valence-electron chi connectivity index (χ2n) is 13.2. The van der Waals surface area contributed by atoms with E-state index in [0.717, 1.165) is 47.6 Å². The summed E-state index contributed by atoms with van der Waals surface area (Å²) in [5.74, 6) is -0.882. The summed E-state index contributed by atoms with van der Waals surface area (Å²) in [6, 6.07) is 36.4. The van der Waals surface area contributed by atoms with Crippen LogP contribution in [0.5, 0.6) is 0 Å². The lowest BCUT2D eigenvalue weighted by Crippen LogP contribution is -2.34. The predicted molar refractivity (Wildman–Crippen MR) is 225 cm³/mol. The summed E-state index contributed by atoms with van der Waals surface area (Å²) in [4.78, 5) is 77.6. The van der Waals surface area contributed by atoms with E-state index in [0.29, 0.717) is 36.9 Å². The highest BCUT2D eigenvalue weighted by Crippen LogP contribution is 2.52. The van der Waals surface area contributed by atoms with Crippen LogP contribution in [0.15, 0.2) is 108 Å². The molecule has 1 aromatic heterocycles. The second-order valence-corrected chi connectivity index (χ2v) is 15.9. The number of hydrogen-bond donors (Lipinski definition) is 1. The Morgan fingerprint density at radius 1 is 0.879 bits per heavy atom. The normalized spacial score (nSPS) is 17.6. The minimum Gasteiger partial charge on any atom is -0.481 e. The van der Waals surface area contributed by atoms with E-state index in [1.807, 2.05) is 31.2 Å². The van der Waals surface area contributed by atoms with Gasteiger partial charge < -0.3 is 14.9 Å². The summed E-state index contributed by atoms with van der Waals surface area (Å²) in [5, 5.41) is 9.40. The van der Waals surface area contributed by atoms with E-state index in [1.165, 1.54) is 43.8 Å². The molecule has 2 aliphatic heterocycles. The zero-order valence-electron chi connectivity index (χ0n) is 31.1. The van der Waals surface area contributed by atoms with E-state index in [2.05, 4.69) is 94.7 Å². The van der Waals surface area contributed by atoms with E-state index in [9.17, 15) is 19.5 Å². The van der Waals surface area contributed by atoms with Gasteiger partial charge in [0.1, 0.15) is 13.9 Å². The molecule has 58 heavy (non-hydrogen) atoms. The third-order valence-electron chi connectivity index (χ3n) is 10.1. The molecule has 12 nitrogen and oxygen atoms in total. The molecule has 3 aliphatic rings. The Morgan fingerprint density at radius 2 is 1.48 bits per heavy atom. The van der Waals surface area contributed by atoms with Crippen molar-refractivity contribution >= 4 is 103 Å². The van der Waals surface area contributed by atoms with Gasteiger partial charge in [-0.1, -0.05) is 72.9 Å². The van der Waals surface area contributed by atoms with Crippen LogP contribution in [0.1, 0.15) is 49.7 Å². The average molecular weight is 833 g/mol. The number of carbonyl (C=O) groups excluding carboxylic acids is 5. The molecule has 1 amide bonds. The first-order valence-corrected chi connectivity index (χ1v) is 20.3. The average Bonchev–Trinajstić information content (AvgIpc) is 3.97. The summed E-state index contributed by atoms with van der Waals surface area (Å²) in [7, 11) is 0. The standard InChI is InChI=1S/C41H36N4O4S3.2CO2/c1-2-42-39(49)37(52-41(42)50)40-43(23-22-36(46)47)38(48)35(51-40)25-26-16-21-34-32(24-26)31-14-9-15-33(31)45(34)30-19-17-29(18-20-30)44(27-10-5-3-6-11-27)28-12-7-4-8-13-28;2*2-1-3/h3-8,10-13,16-21,24-25,31,33H,2,9,14-15,22-23H2,1H3,(H,46,47);;/b35-25-,40-37+;;. The van der Waals surface area contributed by atoms with Crippen LogP contribution in [0.3, 0.4) is 0 Å². The molecule has 294 valence electrons. The number of para-hydroxylation sites is 2. The maximum atomic E-state index is 13.8. The van der Waals surface area contributed by atoms with Gasteiger partial charge in [0.2, 0.25) is 0 Å². The number of carbonyl (C=O) groups is 2. The molecule has 5 aromatic rings. The first-order valence-electron chi connectivity index (χ1n) is 18.3. The molecule has 8 rings (SSSR count). The summed E-state index contributed by atoms with van der Waals surface area (Å²) >= 11 is 7.82. The van der Waals surface area contributed by atoms with Crippen LogP contribution in [0.2, 0.25) is 0 Å². The van der Waals surface area contributed by atoms with Gasteiger partial charge >= 0.3 is 18.3 Å². The van der Waals surface area contributed by atoms with Crippen LogP contribution in [0.25, 0.3) is 11.0 Å². The molecule has 0 spiro atoms. The van der Waals surface area contributed by atoms with Crippen molar-refractivity contribution in [1.82, 2.24) is 9.47 Å². The van der Waals surface area contributed by atoms with Crippen LogP contribution < -0.4 is 24.6 Å². The van der Waals surface area contributed by atoms with Crippen molar-refractivity contribution in [3.8, 4) is 0 Å². The Morgan fingerprint density at radius 3 is 2.05 bits per heavy atom. The molecule has 1 aliphatic carbocycles. The molecule has 0 radical (unpaired) electrons. The molecule has 4 aromatic carbocycles. The summed E-state index contributed by atoms with van der Waals surface area (Å²) in [6.45, 7) is 2.25. The number of aromatic nitrogens is 1. The van der Waals surface area contributed by atoms with Crippen molar-refractivity contribution < 1.29 is 33.9 Å². The molecule has 0 bridgehead atoms. The van der Waals surface area contributed by atoms with Crippen LogP contribution >= 0.6 is 35.3 Å². The Bertz CT molecular complexity index is 2530. The van der Waals surface area contributed by atoms with Crippen molar-refractivity contribution in [2.75, 3.05) is 16.3 Å². The number of carboxylic acid groups (broad SMARTS) is 1. The number of rotatable bonds is 9. The van der Waals surface area contributed by atoms with Crippen LogP contribution in [-0.4, -0.2) is 55.7 Å². The highest BCUT2D eigenvalue weighted by Gasteiger charge is 2.42. The SMILES string of the molecule is CCN1C(=O)/C(=c2\s/c(=C\c3ccc4c(c3)C3CCCC3N4c3ccc(N(c4ccccc4)c4ccccc4)cc3)c(=O)n2CCC(=O)O)SC1=S.O=C=O.O=C=O. The van der Waals surface area contributed by atoms with Crippen LogP contribution in [-0.2, 0) is 35.3 Å². The van der Waals surface area contributed by atoms with E-state index in [-0.39, 0.29) is 36.7 Å². The van der Waals surface area contributed by atoms with Gasteiger partial charge in [-0.25, -0.2) is 0 Å². The Hall–Kier alpha value is -6.21. The highest BCUT2D eigenvalue weighted by atomic mass is 32.2. The van der Waals surface area contributed by atoms with Crippen molar-refractivity contribution in [3.05, 3.63) is 134 Å². The van der Waals surface area contributed by atoms with Gasteiger partial charge in [0.15, 0.2) is 0 Å². The number of fused-ring (bicyclic) bond motifs is 3. The molecule has 2 fully saturated rings. The maximum absolute atomic E-state index is 13.8. The quantitative estimate of drug-likeness (QED) is 0.166. The second kappa shape index (κ2) is 18.8. The number of anilines is 5. The molecule has 1 saturated heterocycles. The van der Waals surface area contributed by atoms with Gasteiger partial charge in [0, 0.05) is 53.5 Å². The Balaban J connectivity index is 0.000000892. The monoisotopic (exact) mass is 832 g/mol. The summed E-state index contributed by atoms with van der Waals surface area (Å²) in [5.41, 5.74) is 7.48. The van der Waals surface area contributed by atoms with E-state index in [4.69, 9.17) is 31.4 Å². The van der Waals surface area contributed by atoms with Crippen LogP contribution in [0.4, 0.5) is 28.4 Å². The zero-order chi connectivity index (χ0) is 41.3. The topological polar surface area (TPSA) is 154 Å². The first-order chi connectivity index (χ1) is 28.1. The fourth-order valence-corrected chi connectivity index (χ4v) is 10.4. The lowest BCUT2D eigenvalue weighted by molar-refractivity contribution is -0.193. The van der Waals surface area contributed by atoms with Crippen molar-refractivity contribution in [2.45, 2.75) is 51.1 Å². The minimum absolute atomic E-state index is 0.0276. The molecule has 3 heterocycles. The number of nitrogens with zero attached hydrogens (tertiary/aromatic N) is 4. The number of benzene rings is 4. The fourth-order valence-electron chi connectivity index (χ4n) is 7.71. The summed E-state index contributed by atoms with van der Waals surface area (Å²) < 4.78 is 2.77. The van der Waals surface area contributed by atoms with E-state index >= 15 is 0 Å². The predicted octanol–water partition coefficient (Wildman–Crippen LogP) is 6.29. The first kappa shape index (κ1) is 41.4. The van der Waals surface area contributed by atoms with Gasteiger partial charge in [0.25, 0.3) is 11.5 Å². The van der Waals surface area contributed by atoms with Crippen LogP contribution in [0, 0.1) is 0 Å². The minimum atomic E-state index is -1.01. The molecule has 15 heteroatoms.